The van der Waals surface area contributed by atoms with Crippen molar-refractivity contribution in [2.75, 3.05) is 0 Å². The Labute approximate surface area is 117 Å². The molecule has 2 aromatic rings. The number of aromatic nitrogens is 3. The number of benzene rings is 1. The number of rotatable bonds is 5. The van der Waals surface area contributed by atoms with Gasteiger partial charge in [-0.25, -0.2) is 18.5 Å². The van der Waals surface area contributed by atoms with Gasteiger partial charge in [0, 0.05) is 13.1 Å². The lowest BCUT2D eigenvalue weighted by atomic mass is 10.1. The Hall–Kier alpha value is -1.77. The van der Waals surface area contributed by atoms with Crippen molar-refractivity contribution < 1.29 is 8.42 Å². The molecule has 1 unspecified atom stereocenters. The van der Waals surface area contributed by atoms with Gasteiger partial charge in [-0.2, -0.15) is 5.10 Å². The largest absolute Gasteiger partial charge is 0.303 e. The molecular formula is C12H17N5O2S. The molecule has 0 aliphatic carbocycles. The van der Waals surface area contributed by atoms with Crippen molar-refractivity contribution in [3.63, 3.8) is 0 Å². The topological polar surface area (TPSA) is 103 Å². The van der Waals surface area contributed by atoms with Crippen LogP contribution in [0.3, 0.4) is 0 Å². The Morgan fingerprint density at radius 2 is 2.20 bits per heavy atom. The first-order valence-corrected chi connectivity index (χ1v) is 7.61. The third-order valence-electron chi connectivity index (χ3n) is 2.90. The summed E-state index contributed by atoms with van der Waals surface area (Å²) in [5, 5.41) is 12.5. The molecule has 0 spiro atoms. The molecule has 1 aromatic carbocycles. The second-order valence-electron chi connectivity index (χ2n) is 4.55. The number of primary sulfonamides is 1. The summed E-state index contributed by atoms with van der Waals surface area (Å²) >= 11 is 0. The fraction of sp³-hybridized carbons (Fsp3) is 0.333. The number of nitrogens with two attached hydrogens (primary N) is 1. The lowest BCUT2D eigenvalue weighted by Gasteiger charge is -2.13. The van der Waals surface area contributed by atoms with E-state index in [1.54, 1.807) is 30.2 Å². The van der Waals surface area contributed by atoms with Crippen molar-refractivity contribution >= 4 is 10.0 Å². The van der Waals surface area contributed by atoms with Gasteiger partial charge in [-0.1, -0.05) is 12.1 Å². The van der Waals surface area contributed by atoms with Crippen LogP contribution in [0.5, 0.6) is 0 Å². The Morgan fingerprint density at radius 1 is 1.45 bits per heavy atom. The Morgan fingerprint density at radius 3 is 2.80 bits per heavy atom. The van der Waals surface area contributed by atoms with Crippen molar-refractivity contribution in [1.82, 2.24) is 20.1 Å². The van der Waals surface area contributed by atoms with Gasteiger partial charge in [-0.3, -0.25) is 4.68 Å². The summed E-state index contributed by atoms with van der Waals surface area (Å²) in [5.74, 6) is 0.682. The monoisotopic (exact) mass is 295 g/mol. The molecule has 1 aromatic heterocycles. The summed E-state index contributed by atoms with van der Waals surface area (Å²) in [5.41, 5.74) is 0.840. The van der Waals surface area contributed by atoms with Gasteiger partial charge in [0.1, 0.15) is 6.33 Å². The highest BCUT2D eigenvalue weighted by atomic mass is 32.2. The molecule has 1 heterocycles. The molecule has 20 heavy (non-hydrogen) atoms. The van der Waals surface area contributed by atoms with Gasteiger partial charge in [0.15, 0.2) is 5.82 Å². The molecule has 0 saturated heterocycles. The fourth-order valence-electron chi connectivity index (χ4n) is 1.79. The van der Waals surface area contributed by atoms with Gasteiger partial charge >= 0.3 is 0 Å². The molecule has 0 aliphatic rings. The average molecular weight is 295 g/mol. The highest BCUT2D eigenvalue weighted by molar-refractivity contribution is 7.89. The van der Waals surface area contributed by atoms with Gasteiger partial charge < -0.3 is 5.32 Å². The zero-order valence-corrected chi connectivity index (χ0v) is 12.1. The Kier molecular flexibility index (Phi) is 4.17. The first-order valence-electron chi connectivity index (χ1n) is 6.07. The molecule has 0 radical (unpaired) electrons. The predicted molar refractivity (Wildman–Crippen MR) is 74.1 cm³/mol. The summed E-state index contributed by atoms with van der Waals surface area (Å²) in [6.07, 6.45) is 1.63. The van der Waals surface area contributed by atoms with E-state index in [1.165, 1.54) is 6.07 Å². The van der Waals surface area contributed by atoms with Crippen LogP contribution in [0.1, 0.15) is 24.4 Å². The second-order valence-corrected chi connectivity index (χ2v) is 6.12. The minimum absolute atomic E-state index is 0.0412. The van der Waals surface area contributed by atoms with E-state index in [0.29, 0.717) is 12.4 Å². The second kappa shape index (κ2) is 5.70. The molecule has 8 heteroatoms. The minimum Gasteiger partial charge on any atom is -0.303 e. The highest BCUT2D eigenvalue weighted by Crippen LogP contribution is 2.16. The van der Waals surface area contributed by atoms with Crippen molar-refractivity contribution in [2.24, 2.45) is 12.2 Å². The van der Waals surface area contributed by atoms with E-state index < -0.39 is 10.0 Å². The number of hydrogen-bond donors (Lipinski definition) is 2. The van der Waals surface area contributed by atoms with E-state index in [1.807, 2.05) is 13.0 Å². The van der Waals surface area contributed by atoms with Gasteiger partial charge in [-0.15, -0.1) is 0 Å². The van der Waals surface area contributed by atoms with Gasteiger partial charge in [0.2, 0.25) is 10.0 Å². The van der Waals surface area contributed by atoms with Crippen LogP contribution in [0.15, 0.2) is 35.5 Å². The minimum atomic E-state index is -3.68. The standard InChI is InChI=1S/C12H17N5O2S/c1-9(14-7-12-15-8-17(2)16-12)10-4-3-5-11(6-10)20(13,18)19/h3-6,8-9,14H,7H2,1-2H3,(H2,13,18,19). The van der Waals surface area contributed by atoms with E-state index in [-0.39, 0.29) is 10.9 Å². The lowest BCUT2D eigenvalue weighted by Crippen LogP contribution is -2.20. The number of nitrogens with zero attached hydrogens (tertiary/aromatic N) is 3. The summed E-state index contributed by atoms with van der Waals surface area (Å²) in [6, 6.07) is 6.52. The Balaban J connectivity index is 2.07. The molecule has 0 fully saturated rings. The third-order valence-corrected chi connectivity index (χ3v) is 3.81. The van der Waals surface area contributed by atoms with Crippen LogP contribution in [0.2, 0.25) is 0 Å². The molecule has 3 N–H and O–H groups in total. The van der Waals surface area contributed by atoms with Crippen LogP contribution in [0.25, 0.3) is 0 Å². The van der Waals surface area contributed by atoms with E-state index >= 15 is 0 Å². The lowest BCUT2D eigenvalue weighted by molar-refractivity contribution is 0.554. The third kappa shape index (κ3) is 3.62. The zero-order valence-electron chi connectivity index (χ0n) is 11.3. The quantitative estimate of drug-likeness (QED) is 0.826. The molecule has 0 saturated carbocycles. The number of hydrogen-bond acceptors (Lipinski definition) is 5. The summed E-state index contributed by atoms with van der Waals surface area (Å²) < 4.78 is 24.3. The molecule has 0 bridgehead atoms. The van der Waals surface area contributed by atoms with Gasteiger partial charge in [0.25, 0.3) is 0 Å². The van der Waals surface area contributed by atoms with Crippen LogP contribution in [0, 0.1) is 0 Å². The first-order chi connectivity index (χ1) is 9.36. The van der Waals surface area contributed by atoms with Crippen molar-refractivity contribution in [3.05, 3.63) is 42.0 Å². The molecule has 2 rings (SSSR count). The van der Waals surface area contributed by atoms with Gasteiger partial charge in [0.05, 0.1) is 11.4 Å². The normalized spacial score (nSPS) is 13.3. The van der Waals surface area contributed by atoms with E-state index in [2.05, 4.69) is 15.4 Å². The maximum atomic E-state index is 11.3. The fourth-order valence-corrected chi connectivity index (χ4v) is 2.36. The molecule has 0 aliphatic heterocycles. The maximum absolute atomic E-state index is 11.3. The predicted octanol–water partition coefficient (Wildman–Crippen LogP) is 0.313. The molecular weight excluding hydrogens is 278 g/mol. The zero-order chi connectivity index (χ0) is 14.8. The summed E-state index contributed by atoms with van der Waals surface area (Å²) in [7, 11) is -1.88. The van der Waals surface area contributed by atoms with Crippen LogP contribution < -0.4 is 10.5 Å². The van der Waals surface area contributed by atoms with E-state index in [0.717, 1.165) is 5.56 Å². The molecule has 7 nitrogen and oxygen atoms in total. The number of sulfonamides is 1. The Bertz CT molecular complexity index is 695. The van der Waals surface area contributed by atoms with Crippen molar-refractivity contribution in [1.29, 1.82) is 0 Å². The summed E-state index contributed by atoms with van der Waals surface area (Å²) in [6.45, 7) is 2.44. The molecule has 1 atom stereocenters. The molecule has 0 amide bonds. The van der Waals surface area contributed by atoms with E-state index in [9.17, 15) is 8.42 Å². The summed E-state index contributed by atoms with van der Waals surface area (Å²) in [4.78, 5) is 4.22. The molecule has 108 valence electrons. The number of aryl methyl sites for hydroxylation is 1. The number of nitrogens with one attached hydrogen (secondary N) is 1. The maximum Gasteiger partial charge on any atom is 0.238 e. The SMILES string of the molecule is CC(NCc1ncn(C)n1)c1cccc(S(N)(=O)=O)c1. The van der Waals surface area contributed by atoms with Crippen LogP contribution in [0.4, 0.5) is 0 Å². The van der Waals surface area contributed by atoms with Gasteiger partial charge in [-0.05, 0) is 24.6 Å². The van der Waals surface area contributed by atoms with Crippen LogP contribution >= 0.6 is 0 Å². The van der Waals surface area contributed by atoms with Crippen LogP contribution in [-0.2, 0) is 23.6 Å². The first kappa shape index (κ1) is 14.6. The van der Waals surface area contributed by atoms with Crippen LogP contribution in [-0.4, -0.2) is 23.2 Å². The van der Waals surface area contributed by atoms with Crippen molar-refractivity contribution in [3.8, 4) is 0 Å². The highest BCUT2D eigenvalue weighted by Gasteiger charge is 2.11. The van der Waals surface area contributed by atoms with Crippen molar-refractivity contribution in [2.45, 2.75) is 24.4 Å². The van der Waals surface area contributed by atoms with E-state index in [4.69, 9.17) is 5.14 Å². The average Bonchev–Trinajstić information content (AvgIpc) is 2.81. The smallest absolute Gasteiger partial charge is 0.238 e.